The average molecular weight is 225 g/mol. The van der Waals surface area contributed by atoms with Crippen molar-refractivity contribution in [2.45, 2.75) is 82.9 Å². The smallest absolute Gasteiger partial charge is 0.0693 e. The van der Waals surface area contributed by atoms with E-state index in [4.69, 9.17) is 0 Å². The molecule has 2 aliphatic rings. The number of rotatable bonds is 2. The van der Waals surface area contributed by atoms with Crippen molar-refractivity contribution in [2.24, 2.45) is 5.92 Å². The molecule has 0 aromatic rings. The fourth-order valence-electron chi connectivity index (χ4n) is 3.26. The van der Waals surface area contributed by atoms with E-state index in [1.807, 2.05) is 0 Å². The van der Waals surface area contributed by atoms with Crippen LogP contribution in [0.3, 0.4) is 0 Å². The molecule has 2 rings (SSSR count). The van der Waals surface area contributed by atoms with Crippen LogP contribution in [0.5, 0.6) is 0 Å². The van der Waals surface area contributed by atoms with Crippen molar-refractivity contribution in [1.29, 1.82) is 0 Å². The highest BCUT2D eigenvalue weighted by Gasteiger charge is 2.26. The molecule has 0 amide bonds. The summed E-state index contributed by atoms with van der Waals surface area (Å²) in [4.78, 5) is 0. The van der Waals surface area contributed by atoms with Crippen LogP contribution in [0, 0.1) is 5.92 Å². The van der Waals surface area contributed by atoms with E-state index in [1.165, 1.54) is 51.4 Å². The van der Waals surface area contributed by atoms with E-state index in [9.17, 15) is 5.11 Å². The first kappa shape index (κ1) is 12.4. The number of aliphatic hydroxyl groups excluding tert-OH is 1. The molecule has 2 fully saturated rings. The van der Waals surface area contributed by atoms with Crippen molar-refractivity contribution in [3.63, 3.8) is 0 Å². The van der Waals surface area contributed by atoms with Gasteiger partial charge in [0.25, 0.3) is 0 Å². The van der Waals surface area contributed by atoms with Gasteiger partial charge >= 0.3 is 0 Å². The van der Waals surface area contributed by atoms with E-state index in [0.717, 1.165) is 12.3 Å². The van der Waals surface area contributed by atoms with Crippen LogP contribution < -0.4 is 5.32 Å². The summed E-state index contributed by atoms with van der Waals surface area (Å²) in [6.45, 7) is 2.37. The lowest BCUT2D eigenvalue weighted by Gasteiger charge is -2.32. The molecule has 0 spiro atoms. The summed E-state index contributed by atoms with van der Waals surface area (Å²) in [6.07, 6.45) is 11.3. The molecule has 0 saturated heterocycles. The largest absolute Gasteiger partial charge is 0.392 e. The first-order valence-electron chi connectivity index (χ1n) is 7.20. The highest BCUT2D eigenvalue weighted by atomic mass is 16.3. The van der Waals surface area contributed by atoms with Crippen LogP contribution in [-0.4, -0.2) is 23.3 Å². The maximum atomic E-state index is 9.96. The molecule has 2 unspecified atom stereocenters. The van der Waals surface area contributed by atoms with Crippen LogP contribution in [0.1, 0.15) is 64.7 Å². The van der Waals surface area contributed by atoms with E-state index in [1.54, 1.807) is 0 Å². The highest BCUT2D eigenvalue weighted by molar-refractivity contribution is 4.84. The van der Waals surface area contributed by atoms with Gasteiger partial charge in [-0.2, -0.15) is 0 Å². The molecule has 2 nitrogen and oxygen atoms in total. The van der Waals surface area contributed by atoms with Crippen LogP contribution >= 0.6 is 0 Å². The Morgan fingerprint density at radius 3 is 2.50 bits per heavy atom. The Bertz CT molecular complexity index is 207. The van der Waals surface area contributed by atoms with Gasteiger partial charge in [0, 0.05) is 12.1 Å². The zero-order valence-electron chi connectivity index (χ0n) is 10.6. The van der Waals surface area contributed by atoms with Crippen molar-refractivity contribution in [2.75, 3.05) is 0 Å². The standard InChI is InChI=1S/C14H27NO/c1-11-5-4-6-12(10-9-11)15-13-7-2-3-8-14(13)16/h11-16H,2-10H2,1H3/t11?,12?,13-,14-/m0/s1. The first-order valence-corrected chi connectivity index (χ1v) is 7.20. The normalized spacial score (nSPS) is 41.6. The lowest BCUT2D eigenvalue weighted by molar-refractivity contribution is 0.0835. The minimum absolute atomic E-state index is 0.0885. The van der Waals surface area contributed by atoms with Crippen LogP contribution in [0.4, 0.5) is 0 Å². The van der Waals surface area contributed by atoms with Crippen molar-refractivity contribution in [1.82, 2.24) is 5.32 Å². The van der Waals surface area contributed by atoms with Crippen molar-refractivity contribution < 1.29 is 5.11 Å². The molecule has 0 radical (unpaired) electrons. The first-order chi connectivity index (χ1) is 7.75. The van der Waals surface area contributed by atoms with Crippen LogP contribution in [0.2, 0.25) is 0 Å². The Balaban J connectivity index is 1.79. The van der Waals surface area contributed by atoms with Gasteiger partial charge in [-0.05, 0) is 38.0 Å². The number of nitrogens with one attached hydrogen (secondary N) is 1. The Kier molecular flexibility index (Phi) is 4.66. The van der Waals surface area contributed by atoms with E-state index < -0.39 is 0 Å². The molecule has 2 saturated carbocycles. The number of aliphatic hydroxyl groups is 1. The van der Waals surface area contributed by atoms with Gasteiger partial charge < -0.3 is 10.4 Å². The molecule has 0 aromatic carbocycles. The molecule has 4 atom stereocenters. The maximum Gasteiger partial charge on any atom is 0.0693 e. The average Bonchev–Trinajstić information content (AvgIpc) is 2.47. The molecule has 0 bridgehead atoms. The Morgan fingerprint density at radius 1 is 0.875 bits per heavy atom. The molecule has 0 heterocycles. The van der Waals surface area contributed by atoms with Crippen LogP contribution in [0.25, 0.3) is 0 Å². The number of hydrogen-bond acceptors (Lipinski definition) is 2. The fraction of sp³-hybridized carbons (Fsp3) is 1.00. The summed E-state index contributed by atoms with van der Waals surface area (Å²) >= 11 is 0. The van der Waals surface area contributed by atoms with Crippen LogP contribution in [0.15, 0.2) is 0 Å². The highest BCUT2D eigenvalue weighted by Crippen LogP contribution is 2.25. The Labute approximate surface area is 99.8 Å². The minimum Gasteiger partial charge on any atom is -0.392 e. The molecular weight excluding hydrogens is 198 g/mol. The maximum absolute atomic E-state index is 9.96. The van der Waals surface area contributed by atoms with Gasteiger partial charge in [-0.1, -0.05) is 32.6 Å². The number of hydrogen-bond donors (Lipinski definition) is 2. The summed E-state index contributed by atoms with van der Waals surface area (Å²) in [7, 11) is 0. The van der Waals surface area contributed by atoms with Gasteiger partial charge in [-0.15, -0.1) is 0 Å². The topological polar surface area (TPSA) is 32.3 Å². The van der Waals surface area contributed by atoms with Crippen molar-refractivity contribution in [3.05, 3.63) is 0 Å². The summed E-state index contributed by atoms with van der Waals surface area (Å²) in [5.74, 6) is 0.906. The zero-order valence-corrected chi connectivity index (χ0v) is 10.6. The monoisotopic (exact) mass is 225 g/mol. The quantitative estimate of drug-likeness (QED) is 0.708. The molecule has 2 N–H and O–H groups in total. The third kappa shape index (κ3) is 3.46. The zero-order chi connectivity index (χ0) is 11.4. The van der Waals surface area contributed by atoms with E-state index in [-0.39, 0.29) is 6.10 Å². The fourth-order valence-corrected chi connectivity index (χ4v) is 3.26. The lowest BCUT2D eigenvalue weighted by Crippen LogP contribution is -2.46. The Morgan fingerprint density at radius 2 is 1.69 bits per heavy atom. The van der Waals surface area contributed by atoms with E-state index in [2.05, 4.69) is 12.2 Å². The van der Waals surface area contributed by atoms with Crippen LogP contribution in [-0.2, 0) is 0 Å². The second-order valence-electron chi connectivity index (χ2n) is 5.94. The second-order valence-corrected chi connectivity index (χ2v) is 5.94. The van der Waals surface area contributed by atoms with Gasteiger partial charge in [0.1, 0.15) is 0 Å². The summed E-state index contributed by atoms with van der Waals surface area (Å²) in [6, 6.07) is 1.05. The third-order valence-electron chi connectivity index (χ3n) is 4.44. The molecule has 16 heavy (non-hydrogen) atoms. The molecule has 2 heteroatoms. The second kappa shape index (κ2) is 6.02. The van der Waals surface area contributed by atoms with E-state index in [0.29, 0.717) is 12.1 Å². The van der Waals surface area contributed by atoms with Gasteiger partial charge in [-0.3, -0.25) is 0 Å². The Hall–Kier alpha value is -0.0800. The predicted molar refractivity (Wildman–Crippen MR) is 67.4 cm³/mol. The predicted octanol–water partition coefficient (Wildman–Crippen LogP) is 2.85. The van der Waals surface area contributed by atoms with Crippen molar-refractivity contribution in [3.8, 4) is 0 Å². The molecular formula is C14H27NO. The molecule has 94 valence electrons. The summed E-state index contributed by atoms with van der Waals surface area (Å²) in [5.41, 5.74) is 0. The molecule has 0 aromatic heterocycles. The minimum atomic E-state index is -0.0885. The summed E-state index contributed by atoms with van der Waals surface area (Å²) in [5, 5.41) is 13.7. The molecule has 2 aliphatic carbocycles. The van der Waals surface area contributed by atoms with Gasteiger partial charge in [0.15, 0.2) is 0 Å². The third-order valence-corrected chi connectivity index (χ3v) is 4.44. The van der Waals surface area contributed by atoms with E-state index >= 15 is 0 Å². The summed E-state index contributed by atoms with van der Waals surface area (Å²) < 4.78 is 0. The van der Waals surface area contributed by atoms with Crippen molar-refractivity contribution >= 4 is 0 Å². The van der Waals surface area contributed by atoms with Gasteiger partial charge in [0.05, 0.1) is 6.10 Å². The molecule has 0 aliphatic heterocycles. The lowest BCUT2D eigenvalue weighted by atomic mass is 9.91. The van der Waals surface area contributed by atoms with Gasteiger partial charge in [-0.25, -0.2) is 0 Å². The SMILES string of the molecule is CC1CCCC(N[C@H]2CCCC[C@@H]2O)CC1. The van der Waals surface area contributed by atoms with Gasteiger partial charge in [0.2, 0.25) is 0 Å².